The Morgan fingerprint density at radius 2 is 2.36 bits per heavy atom. The van der Waals surface area contributed by atoms with Gasteiger partial charge < -0.3 is 14.6 Å². The third-order valence-electron chi connectivity index (χ3n) is 1.41. The van der Waals surface area contributed by atoms with E-state index >= 15 is 0 Å². The van der Waals surface area contributed by atoms with Crippen molar-refractivity contribution in [2.45, 2.75) is 6.92 Å². The van der Waals surface area contributed by atoms with Crippen molar-refractivity contribution in [3.63, 3.8) is 0 Å². The van der Waals surface area contributed by atoms with Gasteiger partial charge in [0, 0.05) is 0 Å². The van der Waals surface area contributed by atoms with E-state index in [2.05, 4.69) is 9.97 Å². The second-order valence-corrected chi connectivity index (χ2v) is 2.30. The predicted octanol–water partition coefficient (Wildman–Crippen LogP) is 0.582. The number of hydrogen-bond donors (Lipinski definition) is 1. The number of ether oxygens (including phenoxy) is 2. The monoisotopic (exact) mass is 198 g/mol. The number of carbonyl (C=O) groups is 1. The van der Waals surface area contributed by atoms with Crippen LogP contribution < -0.4 is 9.47 Å². The Morgan fingerprint density at radius 3 is 2.86 bits per heavy atom. The molecule has 14 heavy (non-hydrogen) atoms. The maximum atomic E-state index is 10.7. The van der Waals surface area contributed by atoms with Crippen LogP contribution in [0.4, 0.5) is 0 Å². The molecule has 0 unspecified atom stereocenters. The Balaban J connectivity index is 3.10. The molecule has 1 aromatic rings. The highest BCUT2D eigenvalue weighted by molar-refractivity contribution is 5.87. The molecule has 0 aliphatic carbocycles. The summed E-state index contributed by atoms with van der Waals surface area (Å²) in [5.74, 6) is -0.985. The molecule has 0 aliphatic heterocycles. The van der Waals surface area contributed by atoms with E-state index in [4.69, 9.17) is 14.6 Å². The van der Waals surface area contributed by atoms with E-state index in [0.717, 1.165) is 0 Å². The fourth-order valence-electron chi connectivity index (χ4n) is 0.839. The first-order chi connectivity index (χ1) is 6.69. The van der Waals surface area contributed by atoms with Crippen LogP contribution in [0.1, 0.15) is 17.4 Å². The van der Waals surface area contributed by atoms with E-state index in [1.165, 1.54) is 13.3 Å². The molecule has 1 heterocycles. The van der Waals surface area contributed by atoms with Crippen molar-refractivity contribution >= 4 is 5.97 Å². The molecule has 0 saturated carbocycles. The van der Waals surface area contributed by atoms with Gasteiger partial charge in [-0.1, -0.05) is 0 Å². The second kappa shape index (κ2) is 4.40. The van der Waals surface area contributed by atoms with E-state index in [1.54, 1.807) is 6.92 Å². The van der Waals surface area contributed by atoms with Gasteiger partial charge in [0.15, 0.2) is 0 Å². The molecule has 1 rings (SSSR count). The average Bonchev–Trinajstić information content (AvgIpc) is 2.17. The molecule has 0 fully saturated rings. The van der Waals surface area contributed by atoms with Crippen LogP contribution >= 0.6 is 0 Å². The third kappa shape index (κ3) is 2.09. The zero-order valence-electron chi connectivity index (χ0n) is 7.85. The molecule has 0 bridgehead atoms. The van der Waals surface area contributed by atoms with E-state index in [-0.39, 0.29) is 17.5 Å². The lowest BCUT2D eigenvalue weighted by molar-refractivity contribution is 0.0684. The average molecular weight is 198 g/mol. The highest BCUT2D eigenvalue weighted by Crippen LogP contribution is 2.16. The Morgan fingerprint density at radius 1 is 1.64 bits per heavy atom. The molecule has 76 valence electrons. The summed E-state index contributed by atoms with van der Waals surface area (Å²) < 4.78 is 9.80. The smallest absolute Gasteiger partial charge is 0.360 e. The standard InChI is InChI=1S/C8H10N2O4/c1-3-14-7-6(8(11)12)9-4-5(10-7)13-2/h4H,3H2,1-2H3,(H,11,12). The van der Waals surface area contributed by atoms with Gasteiger partial charge in [0.05, 0.1) is 19.9 Å². The van der Waals surface area contributed by atoms with Crippen molar-refractivity contribution in [2.75, 3.05) is 13.7 Å². The van der Waals surface area contributed by atoms with Crippen molar-refractivity contribution in [1.82, 2.24) is 9.97 Å². The van der Waals surface area contributed by atoms with Crippen LogP contribution in [0, 0.1) is 0 Å². The molecule has 1 aromatic heterocycles. The number of aromatic carboxylic acids is 1. The lowest BCUT2D eigenvalue weighted by Gasteiger charge is -2.05. The zero-order chi connectivity index (χ0) is 10.6. The minimum Gasteiger partial charge on any atom is -0.480 e. The number of methoxy groups -OCH3 is 1. The molecule has 0 aromatic carbocycles. The molecule has 0 atom stereocenters. The largest absolute Gasteiger partial charge is 0.480 e. The highest BCUT2D eigenvalue weighted by Gasteiger charge is 2.15. The minimum absolute atomic E-state index is 0.0284. The van der Waals surface area contributed by atoms with Gasteiger partial charge in [0.1, 0.15) is 0 Å². The summed E-state index contributed by atoms with van der Waals surface area (Å²) in [5, 5.41) is 8.73. The van der Waals surface area contributed by atoms with Gasteiger partial charge in [0.25, 0.3) is 5.88 Å². The van der Waals surface area contributed by atoms with Crippen LogP contribution in [0.25, 0.3) is 0 Å². The lowest BCUT2D eigenvalue weighted by Crippen LogP contribution is -2.08. The van der Waals surface area contributed by atoms with Crippen molar-refractivity contribution in [3.8, 4) is 11.8 Å². The molecule has 0 saturated heterocycles. The van der Waals surface area contributed by atoms with Crippen LogP contribution in [0.3, 0.4) is 0 Å². The van der Waals surface area contributed by atoms with E-state index in [0.29, 0.717) is 6.61 Å². The van der Waals surface area contributed by atoms with Crippen LogP contribution in [0.15, 0.2) is 6.20 Å². The molecule has 0 radical (unpaired) electrons. The van der Waals surface area contributed by atoms with Gasteiger partial charge in [0.2, 0.25) is 11.6 Å². The Bertz CT molecular complexity index is 340. The normalized spacial score (nSPS) is 9.57. The number of nitrogens with zero attached hydrogens (tertiary/aromatic N) is 2. The van der Waals surface area contributed by atoms with Crippen molar-refractivity contribution < 1.29 is 19.4 Å². The first-order valence-electron chi connectivity index (χ1n) is 3.96. The van der Waals surface area contributed by atoms with E-state index in [1.807, 2.05) is 0 Å². The SMILES string of the molecule is CCOc1nc(OC)cnc1C(=O)O. The number of carboxylic acid groups (broad SMARTS) is 1. The first-order valence-corrected chi connectivity index (χ1v) is 3.96. The predicted molar refractivity (Wildman–Crippen MR) is 46.7 cm³/mol. The number of rotatable bonds is 4. The Hall–Kier alpha value is -1.85. The Kier molecular flexibility index (Phi) is 3.22. The van der Waals surface area contributed by atoms with Gasteiger partial charge in [-0.3, -0.25) is 0 Å². The molecule has 1 N–H and O–H groups in total. The summed E-state index contributed by atoms with van der Waals surface area (Å²) in [7, 11) is 1.42. The number of hydrogen-bond acceptors (Lipinski definition) is 5. The Labute approximate surface area is 80.5 Å². The summed E-state index contributed by atoms with van der Waals surface area (Å²) >= 11 is 0. The summed E-state index contributed by atoms with van der Waals surface area (Å²) in [4.78, 5) is 18.1. The molecule has 6 nitrogen and oxygen atoms in total. The third-order valence-corrected chi connectivity index (χ3v) is 1.41. The minimum atomic E-state index is -1.18. The topological polar surface area (TPSA) is 81.5 Å². The maximum absolute atomic E-state index is 10.7. The first kappa shape index (κ1) is 10.2. The number of aromatic nitrogens is 2. The van der Waals surface area contributed by atoms with Gasteiger partial charge >= 0.3 is 5.97 Å². The summed E-state index contributed by atoms with van der Waals surface area (Å²) in [6.45, 7) is 2.05. The lowest BCUT2D eigenvalue weighted by atomic mass is 10.4. The molecular formula is C8H10N2O4. The summed E-state index contributed by atoms with van der Waals surface area (Å²) in [5.41, 5.74) is -0.215. The van der Waals surface area contributed by atoms with Crippen molar-refractivity contribution in [2.24, 2.45) is 0 Å². The molecule has 0 aliphatic rings. The number of carboxylic acids is 1. The maximum Gasteiger partial charge on any atom is 0.360 e. The fourth-order valence-corrected chi connectivity index (χ4v) is 0.839. The van der Waals surface area contributed by atoms with Crippen LogP contribution in [0.2, 0.25) is 0 Å². The summed E-state index contributed by atoms with van der Waals surface area (Å²) in [6.07, 6.45) is 1.23. The van der Waals surface area contributed by atoms with Crippen LogP contribution in [0.5, 0.6) is 11.8 Å². The van der Waals surface area contributed by atoms with Crippen LogP contribution in [-0.2, 0) is 0 Å². The fraction of sp³-hybridized carbons (Fsp3) is 0.375. The molecular weight excluding hydrogens is 188 g/mol. The highest BCUT2D eigenvalue weighted by atomic mass is 16.5. The van der Waals surface area contributed by atoms with Crippen LogP contribution in [-0.4, -0.2) is 34.8 Å². The van der Waals surface area contributed by atoms with Crippen molar-refractivity contribution in [1.29, 1.82) is 0 Å². The summed E-state index contributed by atoms with van der Waals surface area (Å²) in [6, 6.07) is 0. The van der Waals surface area contributed by atoms with Gasteiger partial charge in [-0.05, 0) is 6.92 Å². The van der Waals surface area contributed by atoms with E-state index in [9.17, 15) is 4.79 Å². The van der Waals surface area contributed by atoms with E-state index < -0.39 is 5.97 Å². The van der Waals surface area contributed by atoms with Gasteiger partial charge in [-0.15, -0.1) is 0 Å². The van der Waals surface area contributed by atoms with Gasteiger partial charge in [-0.2, -0.15) is 4.98 Å². The zero-order valence-corrected chi connectivity index (χ0v) is 7.85. The van der Waals surface area contributed by atoms with Gasteiger partial charge in [-0.25, -0.2) is 9.78 Å². The molecule has 0 amide bonds. The molecule has 0 spiro atoms. The second-order valence-electron chi connectivity index (χ2n) is 2.30. The van der Waals surface area contributed by atoms with Crippen molar-refractivity contribution in [3.05, 3.63) is 11.9 Å². The quantitative estimate of drug-likeness (QED) is 0.762. The molecule has 6 heteroatoms.